The van der Waals surface area contributed by atoms with Gasteiger partial charge in [0.25, 0.3) is 5.91 Å². The van der Waals surface area contributed by atoms with Crippen molar-refractivity contribution in [3.05, 3.63) is 35.9 Å². The average molecular weight is 262 g/mol. The molecule has 2 rings (SSSR count). The minimum Gasteiger partial charge on any atom is -0.481 e. The molecule has 5 heteroatoms. The normalized spacial score (nSPS) is 23.1. The lowest BCUT2D eigenvalue weighted by molar-refractivity contribution is -0.137. The van der Waals surface area contributed by atoms with E-state index < -0.39 is 5.97 Å². The Bertz CT molecular complexity index is 461. The Morgan fingerprint density at radius 2 is 2.05 bits per heavy atom. The molecule has 0 radical (unpaired) electrons. The summed E-state index contributed by atoms with van der Waals surface area (Å²) < 4.78 is 0. The first-order valence-corrected chi connectivity index (χ1v) is 6.39. The summed E-state index contributed by atoms with van der Waals surface area (Å²) in [7, 11) is 0. The molecule has 1 aliphatic heterocycles. The number of carboxylic acids is 1. The Labute approximate surface area is 112 Å². The highest BCUT2D eigenvalue weighted by Crippen LogP contribution is 2.13. The van der Waals surface area contributed by atoms with E-state index in [9.17, 15) is 9.59 Å². The predicted octanol–water partition coefficient (Wildman–Crippen LogP) is 0.964. The molecule has 102 valence electrons. The van der Waals surface area contributed by atoms with Crippen LogP contribution in [0.15, 0.2) is 30.3 Å². The molecule has 19 heavy (non-hydrogen) atoms. The van der Waals surface area contributed by atoms with Gasteiger partial charge in [-0.1, -0.05) is 18.2 Å². The molecule has 0 spiro atoms. The van der Waals surface area contributed by atoms with Crippen LogP contribution in [0.2, 0.25) is 0 Å². The van der Waals surface area contributed by atoms with Crippen molar-refractivity contribution in [2.45, 2.75) is 25.4 Å². The zero-order valence-electron chi connectivity index (χ0n) is 10.9. The van der Waals surface area contributed by atoms with E-state index >= 15 is 0 Å². The summed E-state index contributed by atoms with van der Waals surface area (Å²) in [6, 6.07) is 8.97. The first-order valence-electron chi connectivity index (χ1n) is 6.39. The maximum Gasteiger partial charge on any atom is 0.304 e. The molecule has 1 fully saturated rings. The van der Waals surface area contributed by atoms with E-state index in [1.54, 1.807) is 17.0 Å². The molecule has 2 atom stereocenters. The number of piperazine rings is 1. The van der Waals surface area contributed by atoms with Gasteiger partial charge in [0.1, 0.15) is 0 Å². The monoisotopic (exact) mass is 262 g/mol. The van der Waals surface area contributed by atoms with E-state index in [4.69, 9.17) is 5.11 Å². The molecule has 0 bridgehead atoms. The molecule has 2 N–H and O–H groups in total. The fourth-order valence-electron chi connectivity index (χ4n) is 2.31. The molecule has 1 saturated heterocycles. The highest BCUT2D eigenvalue weighted by molar-refractivity contribution is 5.94. The largest absolute Gasteiger partial charge is 0.481 e. The number of carbonyl (C=O) groups excluding carboxylic acids is 1. The van der Waals surface area contributed by atoms with Crippen LogP contribution in [0.25, 0.3) is 0 Å². The fraction of sp³-hybridized carbons (Fsp3) is 0.429. The van der Waals surface area contributed by atoms with Crippen LogP contribution in [0.4, 0.5) is 0 Å². The van der Waals surface area contributed by atoms with Gasteiger partial charge in [0, 0.05) is 30.7 Å². The highest BCUT2D eigenvalue weighted by atomic mass is 16.4. The molecular formula is C14H18N2O3. The number of amides is 1. The van der Waals surface area contributed by atoms with Crippen LogP contribution in [0, 0.1) is 0 Å². The van der Waals surface area contributed by atoms with Crippen LogP contribution < -0.4 is 5.32 Å². The summed E-state index contributed by atoms with van der Waals surface area (Å²) in [6.07, 6.45) is 0.0330. The van der Waals surface area contributed by atoms with E-state index in [0.29, 0.717) is 18.7 Å². The van der Waals surface area contributed by atoms with Crippen molar-refractivity contribution < 1.29 is 14.7 Å². The molecule has 1 aromatic carbocycles. The van der Waals surface area contributed by atoms with E-state index in [-0.39, 0.29) is 24.4 Å². The Balaban J connectivity index is 2.09. The molecule has 5 nitrogen and oxygen atoms in total. The lowest BCUT2D eigenvalue weighted by Crippen LogP contribution is -2.57. The zero-order valence-corrected chi connectivity index (χ0v) is 10.9. The molecule has 1 aromatic rings. The summed E-state index contributed by atoms with van der Waals surface area (Å²) in [5, 5.41) is 12.0. The number of nitrogens with one attached hydrogen (secondary N) is 1. The van der Waals surface area contributed by atoms with E-state index in [2.05, 4.69) is 5.32 Å². The Morgan fingerprint density at radius 3 is 2.68 bits per heavy atom. The smallest absolute Gasteiger partial charge is 0.304 e. The number of nitrogens with zero attached hydrogens (tertiary/aromatic N) is 1. The van der Waals surface area contributed by atoms with Crippen LogP contribution in [0.3, 0.4) is 0 Å². The van der Waals surface area contributed by atoms with Crippen LogP contribution in [0.5, 0.6) is 0 Å². The van der Waals surface area contributed by atoms with Crippen molar-refractivity contribution in [3.63, 3.8) is 0 Å². The second kappa shape index (κ2) is 5.84. The average Bonchev–Trinajstić information content (AvgIpc) is 2.40. The summed E-state index contributed by atoms with van der Waals surface area (Å²) >= 11 is 0. The van der Waals surface area contributed by atoms with Crippen molar-refractivity contribution in [3.8, 4) is 0 Å². The summed E-state index contributed by atoms with van der Waals surface area (Å²) in [6.45, 7) is 3.02. The summed E-state index contributed by atoms with van der Waals surface area (Å²) in [5.41, 5.74) is 0.644. The number of carboxylic acid groups (broad SMARTS) is 1. The van der Waals surface area contributed by atoms with Crippen molar-refractivity contribution in [2.24, 2.45) is 0 Å². The first kappa shape index (κ1) is 13.5. The standard InChI is InChI=1S/C14H18N2O3/c1-10-8-15-12(7-13(17)18)9-16(10)14(19)11-5-3-2-4-6-11/h2-6,10,12,15H,7-9H2,1H3,(H,17,18)/t10-,12-/m0/s1. The quantitative estimate of drug-likeness (QED) is 0.851. The lowest BCUT2D eigenvalue weighted by atomic mass is 10.1. The van der Waals surface area contributed by atoms with Crippen molar-refractivity contribution >= 4 is 11.9 Å². The fourth-order valence-corrected chi connectivity index (χ4v) is 2.31. The van der Waals surface area contributed by atoms with Gasteiger partial charge < -0.3 is 15.3 Å². The molecule has 0 saturated carbocycles. The molecule has 0 unspecified atom stereocenters. The van der Waals surface area contributed by atoms with Crippen LogP contribution in [0.1, 0.15) is 23.7 Å². The van der Waals surface area contributed by atoms with Gasteiger partial charge in [-0.3, -0.25) is 9.59 Å². The number of hydrogen-bond acceptors (Lipinski definition) is 3. The van der Waals surface area contributed by atoms with Crippen LogP contribution >= 0.6 is 0 Å². The number of hydrogen-bond donors (Lipinski definition) is 2. The second-order valence-electron chi connectivity index (χ2n) is 4.88. The van der Waals surface area contributed by atoms with Gasteiger partial charge in [0.05, 0.1) is 6.42 Å². The second-order valence-corrected chi connectivity index (χ2v) is 4.88. The SMILES string of the molecule is C[C@H]1CN[C@@H](CC(=O)O)CN1C(=O)c1ccccc1. The molecule has 1 amide bonds. The van der Waals surface area contributed by atoms with Gasteiger partial charge >= 0.3 is 5.97 Å². The van der Waals surface area contributed by atoms with E-state index in [0.717, 1.165) is 0 Å². The molecule has 1 heterocycles. The number of rotatable bonds is 3. The molecule has 0 aromatic heterocycles. The van der Waals surface area contributed by atoms with Gasteiger partial charge in [0.2, 0.25) is 0 Å². The first-order chi connectivity index (χ1) is 9.08. The van der Waals surface area contributed by atoms with Gasteiger partial charge in [-0.05, 0) is 19.1 Å². The van der Waals surface area contributed by atoms with Gasteiger partial charge in [-0.15, -0.1) is 0 Å². The molecule has 1 aliphatic rings. The summed E-state index contributed by atoms with van der Waals surface area (Å²) in [5.74, 6) is -0.885. The van der Waals surface area contributed by atoms with Crippen molar-refractivity contribution in [1.82, 2.24) is 10.2 Å². The number of aliphatic carboxylic acids is 1. The Kier molecular flexibility index (Phi) is 4.16. The van der Waals surface area contributed by atoms with Gasteiger partial charge in [-0.25, -0.2) is 0 Å². The van der Waals surface area contributed by atoms with Gasteiger partial charge in [0.15, 0.2) is 0 Å². The molecule has 0 aliphatic carbocycles. The highest BCUT2D eigenvalue weighted by Gasteiger charge is 2.30. The van der Waals surface area contributed by atoms with Crippen LogP contribution in [-0.2, 0) is 4.79 Å². The van der Waals surface area contributed by atoms with E-state index in [1.807, 2.05) is 25.1 Å². The lowest BCUT2D eigenvalue weighted by Gasteiger charge is -2.38. The van der Waals surface area contributed by atoms with Gasteiger partial charge in [-0.2, -0.15) is 0 Å². The van der Waals surface area contributed by atoms with Crippen molar-refractivity contribution in [1.29, 1.82) is 0 Å². The Hall–Kier alpha value is -1.88. The third-order valence-electron chi connectivity index (χ3n) is 3.35. The third kappa shape index (κ3) is 3.32. The zero-order chi connectivity index (χ0) is 13.8. The maximum absolute atomic E-state index is 12.4. The number of benzene rings is 1. The maximum atomic E-state index is 12.4. The number of carbonyl (C=O) groups is 2. The Morgan fingerprint density at radius 1 is 1.37 bits per heavy atom. The summed E-state index contributed by atoms with van der Waals surface area (Å²) in [4.78, 5) is 24.9. The minimum atomic E-state index is -0.848. The minimum absolute atomic E-state index is 0.0330. The van der Waals surface area contributed by atoms with Crippen LogP contribution in [-0.4, -0.2) is 47.1 Å². The van der Waals surface area contributed by atoms with Crippen molar-refractivity contribution in [2.75, 3.05) is 13.1 Å². The van der Waals surface area contributed by atoms with E-state index in [1.165, 1.54) is 0 Å². The topological polar surface area (TPSA) is 69.6 Å². The predicted molar refractivity (Wildman–Crippen MR) is 71.0 cm³/mol. The molecular weight excluding hydrogens is 244 g/mol. The third-order valence-corrected chi connectivity index (χ3v) is 3.35.